The average Bonchev–Trinajstić information content (AvgIpc) is 2.38. The zero-order valence-corrected chi connectivity index (χ0v) is 10.4. The molecular formula is C11H15ClN4O. The summed E-state index contributed by atoms with van der Waals surface area (Å²) in [5.41, 5.74) is 0. The van der Waals surface area contributed by atoms with Gasteiger partial charge in [-0.2, -0.15) is 0 Å². The number of amides is 1. The highest BCUT2D eigenvalue weighted by atomic mass is 35.5. The van der Waals surface area contributed by atoms with E-state index in [0.29, 0.717) is 11.7 Å². The molecule has 92 valence electrons. The van der Waals surface area contributed by atoms with Gasteiger partial charge in [0.05, 0.1) is 18.3 Å². The molecule has 1 N–H and O–H groups in total. The SMILES string of the molecule is CNC(=O)[C@H]1CCCN(c2cncc(Cl)n2)C1. The first-order valence-electron chi connectivity index (χ1n) is 5.65. The summed E-state index contributed by atoms with van der Waals surface area (Å²) in [5.74, 6) is 0.852. The Morgan fingerprint density at radius 1 is 1.59 bits per heavy atom. The molecule has 1 aromatic heterocycles. The summed E-state index contributed by atoms with van der Waals surface area (Å²) < 4.78 is 0. The van der Waals surface area contributed by atoms with Crippen LogP contribution in [0.1, 0.15) is 12.8 Å². The lowest BCUT2D eigenvalue weighted by Gasteiger charge is -2.32. The third-order valence-electron chi connectivity index (χ3n) is 2.96. The van der Waals surface area contributed by atoms with Crippen molar-refractivity contribution >= 4 is 23.3 Å². The van der Waals surface area contributed by atoms with E-state index in [1.165, 1.54) is 6.20 Å². The lowest BCUT2D eigenvalue weighted by Crippen LogP contribution is -2.42. The Balaban J connectivity index is 2.09. The molecule has 0 radical (unpaired) electrons. The molecule has 1 amide bonds. The minimum absolute atomic E-state index is 0.0227. The molecule has 0 unspecified atom stereocenters. The molecule has 5 nitrogen and oxygen atoms in total. The standard InChI is InChI=1S/C11H15ClN4O/c1-13-11(17)8-3-2-4-16(7-8)10-6-14-5-9(12)15-10/h5-6,8H,2-4,7H2,1H3,(H,13,17)/t8-/m0/s1. The van der Waals surface area contributed by atoms with Gasteiger partial charge >= 0.3 is 0 Å². The fraction of sp³-hybridized carbons (Fsp3) is 0.545. The van der Waals surface area contributed by atoms with Gasteiger partial charge in [-0.25, -0.2) is 4.98 Å². The summed E-state index contributed by atoms with van der Waals surface area (Å²) in [4.78, 5) is 21.9. The van der Waals surface area contributed by atoms with Crippen LogP contribution in [0, 0.1) is 5.92 Å². The maximum absolute atomic E-state index is 11.6. The Labute approximate surface area is 105 Å². The van der Waals surface area contributed by atoms with E-state index in [4.69, 9.17) is 11.6 Å². The lowest BCUT2D eigenvalue weighted by molar-refractivity contribution is -0.124. The molecule has 1 aromatic rings. The average molecular weight is 255 g/mol. The largest absolute Gasteiger partial charge is 0.359 e. The van der Waals surface area contributed by atoms with E-state index in [-0.39, 0.29) is 11.8 Å². The number of hydrogen-bond donors (Lipinski definition) is 1. The van der Waals surface area contributed by atoms with Crippen molar-refractivity contribution < 1.29 is 4.79 Å². The van der Waals surface area contributed by atoms with E-state index in [2.05, 4.69) is 20.2 Å². The highest BCUT2D eigenvalue weighted by molar-refractivity contribution is 6.29. The normalized spacial score (nSPS) is 20.1. The van der Waals surface area contributed by atoms with Gasteiger partial charge < -0.3 is 10.2 Å². The molecular weight excluding hydrogens is 240 g/mol. The number of carbonyl (C=O) groups excluding carboxylic acids is 1. The van der Waals surface area contributed by atoms with Crippen molar-refractivity contribution in [3.05, 3.63) is 17.5 Å². The van der Waals surface area contributed by atoms with Crippen LogP contribution >= 0.6 is 11.6 Å². The summed E-state index contributed by atoms with van der Waals surface area (Å²) >= 11 is 5.81. The topological polar surface area (TPSA) is 58.1 Å². The van der Waals surface area contributed by atoms with Crippen molar-refractivity contribution in [2.45, 2.75) is 12.8 Å². The second kappa shape index (κ2) is 5.31. The number of piperidine rings is 1. The van der Waals surface area contributed by atoms with Gasteiger partial charge in [0.15, 0.2) is 0 Å². The zero-order valence-electron chi connectivity index (χ0n) is 9.69. The molecule has 6 heteroatoms. The van der Waals surface area contributed by atoms with Crippen LogP contribution in [0.25, 0.3) is 0 Å². The number of hydrogen-bond acceptors (Lipinski definition) is 4. The molecule has 0 bridgehead atoms. The van der Waals surface area contributed by atoms with Crippen LogP contribution in [0.2, 0.25) is 5.15 Å². The van der Waals surface area contributed by atoms with Crippen LogP contribution in [0.3, 0.4) is 0 Å². The van der Waals surface area contributed by atoms with Crippen LogP contribution in [0.15, 0.2) is 12.4 Å². The smallest absolute Gasteiger partial charge is 0.224 e. The minimum atomic E-state index is 0.0227. The molecule has 17 heavy (non-hydrogen) atoms. The summed E-state index contributed by atoms with van der Waals surface area (Å²) in [7, 11) is 1.67. The second-order valence-electron chi connectivity index (χ2n) is 4.10. The Hall–Kier alpha value is -1.36. The molecule has 0 saturated carbocycles. The Kier molecular flexibility index (Phi) is 3.78. The quantitative estimate of drug-likeness (QED) is 0.859. The highest BCUT2D eigenvalue weighted by Crippen LogP contribution is 2.22. The second-order valence-corrected chi connectivity index (χ2v) is 4.49. The summed E-state index contributed by atoms with van der Waals surface area (Å²) in [6.07, 6.45) is 5.08. The number of anilines is 1. The number of aromatic nitrogens is 2. The van der Waals surface area contributed by atoms with E-state index in [9.17, 15) is 4.79 Å². The fourth-order valence-electron chi connectivity index (χ4n) is 2.09. The van der Waals surface area contributed by atoms with E-state index in [0.717, 1.165) is 25.2 Å². The number of nitrogens with one attached hydrogen (secondary N) is 1. The van der Waals surface area contributed by atoms with Crippen LogP contribution in [-0.2, 0) is 4.79 Å². The molecule has 1 fully saturated rings. The van der Waals surface area contributed by atoms with E-state index in [1.807, 2.05) is 0 Å². The van der Waals surface area contributed by atoms with Crippen molar-refractivity contribution in [1.82, 2.24) is 15.3 Å². The first-order chi connectivity index (χ1) is 8.20. The van der Waals surface area contributed by atoms with E-state index < -0.39 is 0 Å². The van der Waals surface area contributed by atoms with Crippen molar-refractivity contribution in [3.8, 4) is 0 Å². The van der Waals surface area contributed by atoms with Crippen molar-refractivity contribution in [1.29, 1.82) is 0 Å². The van der Waals surface area contributed by atoms with Gasteiger partial charge in [0, 0.05) is 20.1 Å². The maximum Gasteiger partial charge on any atom is 0.224 e. The Morgan fingerprint density at radius 3 is 3.12 bits per heavy atom. The highest BCUT2D eigenvalue weighted by Gasteiger charge is 2.25. The predicted molar refractivity (Wildman–Crippen MR) is 66.0 cm³/mol. The molecule has 2 heterocycles. The van der Waals surface area contributed by atoms with E-state index >= 15 is 0 Å². The fourth-order valence-corrected chi connectivity index (χ4v) is 2.23. The molecule has 0 aliphatic carbocycles. The van der Waals surface area contributed by atoms with Crippen LogP contribution in [-0.4, -0.2) is 36.0 Å². The first kappa shape index (κ1) is 12.1. The van der Waals surface area contributed by atoms with Gasteiger partial charge in [0.2, 0.25) is 5.91 Å². The maximum atomic E-state index is 11.6. The van der Waals surface area contributed by atoms with Crippen molar-refractivity contribution in [2.24, 2.45) is 5.92 Å². The number of carbonyl (C=O) groups is 1. The van der Waals surface area contributed by atoms with Crippen LogP contribution in [0.5, 0.6) is 0 Å². The van der Waals surface area contributed by atoms with Gasteiger partial charge in [0.1, 0.15) is 11.0 Å². The zero-order chi connectivity index (χ0) is 12.3. The van der Waals surface area contributed by atoms with Gasteiger partial charge in [-0.1, -0.05) is 11.6 Å². The summed E-state index contributed by atoms with van der Waals surface area (Å²) in [6.45, 7) is 1.57. The Bertz CT molecular complexity index is 412. The number of halogens is 1. The third-order valence-corrected chi connectivity index (χ3v) is 3.14. The third kappa shape index (κ3) is 2.85. The van der Waals surface area contributed by atoms with Gasteiger partial charge in [-0.05, 0) is 12.8 Å². The molecule has 0 aromatic carbocycles. The monoisotopic (exact) mass is 254 g/mol. The van der Waals surface area contributed by atoms with Crippen molar-refractivity contribution in [3.63, 3.8) is 0 Å². The minimum Gasteiger partial charge on any atom is -0.359 e. The molecule has 1 aliphatic heterocycles. The van der Waals surface area contributed by atoms with Gasteiger partial charge in [-0.15, -0.1) is 0 Å². The van der Waals surface area contributed by atoms with Gasteiger partial charge in [-0.3, -0.25) is 9.78 Å². The summed E-state index contributed by atoms with van der Waals surface area (Å²) in [5, 5.41) is 3.07. The first-order valence-corrected chi connectivity index (χ1v) is 6.02. The number of nitrogens with zero attached hydrogens (tertiary/aromatic N) is 3. The predicted octanol–water partition coefficient (Wildman–Crippen LogP) is 1.09. The molecule has 0 spiro atoms. The van der Waals surface area contributed by atoms with Crippen LogP contribution < -0.4 is 10.2 Å². The molecule has 2 rings (SSSR count). The number of rotatable bonds is 2. The van der Waals surface area contributed by atoms with Crippen LogP contribution in [0.4, 0.5) is 5.82 Å². The van der Waals surface area contributed by atoms with Gasteiger partial charge in [0.25, 0.3) is 0 Å². The lowest BCUT2D eigenvalue weighted by atomic mass is 9.97. The molecule has 1 saturated heterocycles. The molecule has 1 aliphatic rings. The Morgan fingerprint density at radius 2 is 2.41 bits per heavy atom. The van der Waals surface area contributed by atoms with E-state index in [1.54, 1.807) is 13.2 Å². The van der Waals surface area contributed by atoms with Crippen molar-refractivity contribution in [2.75, 3.05) is 25.0 Å². The molecule has 1 atom stereocenters. The summed E-state index contributed by atoms with van der Waals surface area (Å²) in [6, 6.07) is 0.